The summed E-state index contributed by atoms with van der Waals surface area (Å²) < 4.78 is 0. The molecule has 0 bridgehead atoms. The third-order valence-electron chi connectivity index (χ3n) is 4.60. The maximum absolute atomic E-state index is 8.10. The summed E-state index contributed by atoms with van der Waals surface area (Å²) in [4.78, 5) is 0. The molecule has 0 aliphatic heterocycles. The lowest BCUT2D eigenvalue weighted by Crippen LogP contribution is -2.17. The van der Waals surface area contributed by atoms with Crippen LogP contribution in [0.1, 0.15) is 50.3 Å². The van der Waals surface area contributed by atoms with Crippen molar-refractivity contribution < 1.29 is 0 Å². The summed E-state index contributed by atoms with van der Waals surface area (Å²) in [5, 5.41) is 11.3. The van der Waals surface area contributed by atoms with E-state index in [1.165, 1.54) is 22.3 Å². The Hall–Kier alpha value is -2.09. The molecule has 0 radical (unpaired) electrons. The molecule has 0 aromatic heterocycles. The first-order valence-electron chi connectivity index (χ1n) is 9.22. The van der Waals surface area contributed by atoms with E-state index in [-0.39, 0.29) is 0 Å². The molecule has 2 N–H and O–H groups in total. The maximum atomic E-state index is 8.10. The summed E-state index contributed by atoms with van der Waals surface area (Å²) >= 11 is 0. The second-order valence-electron chi connectivity index (χ2n) is 6.75. The van der Waals surface area contributed by atoms with Crippen LogP contribution in [-0.4, -0.2) is 12.3 Å². The fourth-order valence-corrected chi connectivity index (χ4v) is 3.58. The summed E-state index contributed by atoms with van der Waals surface area (Å²) in [6, 6.07) is 6.81. The molecule has 0 heterocycles. The highest BCUT2D eigenvalue weighted by Crippen LogP contribution is 2.28. The minimum atomic E-state index is 0.435. The Balaban J connectivity index is 2.98. The van der Waals surface area contributed by atoms with Crippen molar-refractivity contribution >= 4 is 5.71 Å². The molecule has 1 aromatic carbocycles. The Morgan fingerprint density at radius 3 is 2.24 bits per heavy atom. The molecular formula is C23H34N2. The van der Waals surface area contributed by atoms with E-state index in [2.05, 4.69) is 63.0 Å². The first-order chi connectivity index (χ1) is 11.9. The summed E-state index contributed by atoms with van der Waals surface area (Å²) in [5.41, 5.74) is 7.08. The first-order valence-corrected chi connectivity index (χ1v) is 9.22. The zero-order valence-electron chi connectivity index (χ0n) is 16.6. The standard InChI is InChI=1S/C23H34N2/c1-7-22(19(6)24)23(8-2)21(12-13-25-9-3)11-10-20-15-17(4)14-18(5)16-20/h7-9,14-16,21,24-25H,3,10-13H2,1-2,4-6H3/b22-7+,23-8-,24-19?. The van der Waals surface area contributed by atoms with Gasteiger partial charge in [-0.3, -0.25) is 0 Å². The topological polar surface area (TPSA) is 35.9 Å². The number of rotatable bonds is 10. The van der Waals surface area contributed by atoms with E-state index in [4.69, 9.17) is 5.41 Å². The Morgan fingerprint density at radius 2 is 1.76 bits per heavy atom. The van der Waals surface area contributed by atoms with Gasteiger partial charge in [0.15, 0.2) is 0 Å². The summed E-state index contributed by atoms with van der Waals surface area (Å²) in [7, 11) is 0. The van der Waals surface area contributed by atoms with Gasteiger partial charge in [-0.2, -0.15) is 0 Å². The van der Waals surface area contributed by atoms with Crippen molar-refractivity contribution in [3.05, 3.63) is 71.0 Å². The largest absolute Gasteiger partial charge is 0.391 e. The van der Waals surface area contributed by atoms with E-state index in [0.29, 0.717) is 11.6 Å². The van der Waals surface area contributed by atoms with Gasteiger partial charge in [0.05, 0.1) is 0 Å². The number of benzene rings is 1. The minimum absolute atomic E-state index is 0.435. The van der Waals surface area contributed by atoms with Gasteiger partial charge < -0.3 is 10.7 Å². The van der Waals surface area contributed by atoms with E-state index < -0.39 is 0 Å². The Morgan fingerprint density at radius 1 is 1.12 bits per heavy atom. The van der Waals surface area contributed by atoms with Crippen LogP contribution in [-0.2, 0) is 6.42 Å². The number of hydrogen-bond donors (Lipinski definition) is 2. The summed E-state index contributed by atoms with van der Waals surface area (Å²) in [6.45, 7) is 15.0. The quantitative estimate of drug-likeness (QED) is 0.310. The molecule has 0 aliphatic rings. The normalized spacial score (nSPS) is 13.5. The van der Waals surface area contributed by atoms with Crippen LogP contribution in [0.5, 0.6) is 0 Å². The molecule has 1 aromatic rings. The molecule has 2 heteroatoms. The van der Waals surface area contributed by atoms with Crippen molar-refractivity contribution in [1.29, 1.82) is 5.41 Å². The maximum Gasteiger partial charge on any atom is 0.0354 e. The van der Waals surface area contributed by atoms with Gasteiger partial charge >= 0.3 is 0 Å². The number of nitrogens with one attached hydrogen (secondary N) is 2. The molecule has 0 spiro atoms. The molecule has 1 atom stereocenters. The zero-order chi connectivity index (χ0) is 18.8. The van der Waals surface area contributed by atoms with Crippen molar-refractivity contribution in [2.45, 2.75) is 53.9 Å². The van der Waals surface area contributed by atoms with E-state index in [1.54, 1.807) is 6.20 Å². The van der Waals surface area contributed by atoms with Crippen LogP contribution in [0.15, 0.2) is 54.3 Å². The Kier molecular flexibility index (Phi) is 8.98. The van der Waals surface area contributed by atoms with Crippen LogP contribution < -0.4 is 5.32 Å². The SMILES string of the molecule is C=CNCCC(CCc1cc(C)cc(C)c1)C(=C/C)/C(=C/C)C(C)=N. The highest BCUT2D eigenvalue weighted by molar-refractivity contribution is 5.99. The van der Waals surface area contributed by atoms with Crippen LogP contribution in [0.3, 0.4) is 0 Å². The van der Waals surface area contributed by atoms with Crippen molar-refractivity contribution in [2.75, 3.05) is 6.54 Å². The molecule has 2 nitrogen and oxygen atoms in total. The number of allylic oxidation sites excluding steroid dienone is 4. The predicted octanol–water partition coefficient (Wildman–Crippen LogP) is 5.91. The fourth-order valence-electron chi connectivity index (χ4n) is 3.58. The molecule has 25 heavy (non-hydrogen) atoms. The van der Waals surface area contributed by atoms with Crippen molar-refractivity contribution in [3.63, 3.8) is 0 Å². The molecule has 0 saturated carbocycles. The van der Waals surface area contributed by atoms with Gasteiger partial charge in [0.25, 0.3) is 0 Å². The second kappa shape index (κ2) is 10.7. The third kappa shape index (κ3) is 6.74. The highest BCUT2D eigenvalue weighted by Gasteiger charge is 2.18. The lowest BCUT2D eigenvalue weighted by atomic mass is 9.83. The molecule has 0 aliphatic carbocycles. The molecule has 136 valence electrons. The lowest BCUT2D eigenvalue weighted by molar-refractivity contribution is 0.515. The fraction of sp³-hybridized carbons (Fsp3) is 0.435. The van der Waals surface area contributed by atoms with Crippen LogP contribution in [0.25, 0.3) is 0 Å². The molecule has 0 fully saturated rings. The molecule has 0 saturated heterocycles. The molecule has 1 unspecified atom stereocenters. The smallest absolute Gasteiger partial charge is 0.0354 e. The summed E-state index contributed by atoms with van der Waals surface area (Å²) in [6.07, 6.45) is 9.21. The number of hydrogen-bond acceptors (Lipinski definition) is 2. The summed E-state index contributed by atoms with van der Waals surface area (Å²) in [5.74, 6) is 0.435. The van der Waals surface area contributed by atoms with Gasteiger partial charge in [0.1, 0.15) is 0 Å². The highest BCUT2D eigenvalue weighted by atomic mass is 14.8. The zero-order valence-corrected chi connectivity index (χ0v) is 16.6. The van der Waals surface area contributed by atoms with Crippen molar-refractivity contribution in [3.8, 4) is 0 Å². The predicted molar refractivity (Wildman–Crippen MR) is 111 cm³/mol. The van der Waals surface area contributed by atoms with Gasteiger partial charge in [0.2, 0.25) is 0 Å². The van der Waals surface area contributed by atoms with Gasteiger partial charge in [-0.15, -0.1) is 0 Å². The molecular weight excluding hydrogens is 304 g/mol. The number of aryl methyl sites for hydroxylation is 3. The van der Waals surface area contributed by atoms with Crippen LogP contribution in [0.4, 0.5) is 0 Å². The van der Waals surface area contributed by atoms with Gasteiger partial charge in [-0.1, -0.05) is 48.1 Å². The van der Waals surface area contributed by atoms with Crippen LogP contribution in [0.2, 0.25) is 0 Å². The Bertz CT molecular complexity index is 630. The van der Waals surface area contributed by atoms with E-state index in [9.17, 15) is 0 Å². The van der Waals surface area contributed by atoms with E-state index >= 15 is 0 Å². The van der Waals surface area contributed by atoms with Crippen molar-refractivity contribution in [2.24, 2.45) is 5.92 Å². The van der Waals surface area contributed by atoms with Crippen LogP contribution >= 0.6 is 0 Å². The first kappa shape index (κ1) is 21.0. The van der Waals surface area contributed by atoms with E-state index in [1.807, 2.05) is 13.8 Å². The molecule has 0 amide bonds. The average Bonchev–Trinajstić information content (AvgIpc) is 2.55. The average molecular weight is 339 g/mol. The molecule has 1 rings (SSSR count). The van der Waals surface area contributed by atoms with Crippen LogP contribution in [0, 0.1) is 25.2 Å². The Labute approximate surface area is 154 Å². The van der Waals surface area contributed by atoms with Gasteiger partial charge in [0, 0.05) is 12.3 Å². The lowest BCUT2D eigenvalue weighted by Gasteiger charge is -2.23. The van der Waals surface area contributed by atoms with Gasteiger partial charge in [-0.05, 0) is 82.7 Å². The second-order valence-corrected chi connectivity index (χ2v) is 6.75. The minimum Gasteiger partial charge on any atom is -0.391 e. The van der Waals surface area contributed by atoms with Gasteiger partial charge in [-0.25, -0.2) is 0 Å². The monoisotopic (exact) mass is 338 g/mol. The van der Waals surface area contributed by atoms with E-state index in [0.717, 1.165) is 31.4 Å². The third-order valence-corrected chi connectivity index (χ3v) is 4.60. The van der Waals surface area contributed by atoms with Crippen molar-refractivity contribution in [1.82, 2.24) is 5.32 Å².